The van der Waals surface area contributed by atoms with Crippen molar-refractivity contribution in [3.8, 4) is 0 Å². The predicted octanol–water partition coefficient (Wildman–Crippen LogP) is 4.94. The maximum absolute atomic E-state index is 12.4. The van der Waals surface area contributed by atoms with Crippen molar-refractivity contribution in [3.05, 3.63) is 35.9 Å². The normalized spacial score (nSPS) is 17.1. The highest BCUT2D eigenvalue weighted by molar-refractivity contribution is 9.10. The van der Waals surface area contributed by atoms with Crippen molar-refractivity contribution in [2.24, 2.45) is 5.92 Å². The Morgan fingerprint density at radius 1 is 1.19 bits per heavy atom. The minimum atomic E-state index is -1.97. The summed E-state index contributed by atoms with van der Waals surface area (Å²) in [5.41, 5.74) is 1.10. The fourth-order valence-corrected chi connectivity index (χ4v) is 4.10. The third-order valence-corrected chi connectivity index (χ3v) is 10.8. The molecule has 0 bridgehead atoms. The Balaban J connectivity index is 3.05. The number of aliphatic hydroxyl groups is 1. The monoisotopic (exact) mass is 458 g/mol. The van der Waals surface area contributed by atoms with Crippen LogP contribution in [0.25, 0.3) is 0 Å². The number of rotatable bonds is 9. The number of benzene rings is 1. The summed E-state index contributed by atoms with van der Waals surface area (Å²) in [4.78, 5) is 12.4. The van der Waals surface area contributed by atoms with Gasteiger partial charge in [-0.25, -0.2) is 0 Å². The lowest BCUT2D eigenvalue weighted by atomic mass is 9.87. The summed E-state index contributed by atoms with van der Waals surface area (Å²) >= 11 is 3.42. The Bertz CT molecular complexity index is 596. The molecule has 0 aliphatic rings. The third kappa shape index (κ3) is 6.70. The zero-order chi connectivity index (χ0) is 20.9. The molecule has 0 heterocycles. The molecule has 0 aliphatic carbocycles. The number of ether oxygens (including phenoxy) is 1. The van der Waals surface area contributed by atoms with Crippen molar-refractivity contribution >= 4 is 30.2 Å². The van der Waals surface area contributed by atoms with Crippen LogP contribution < -0.4 is 0 Å². The zero-order valence-corrected chi connectivity index (χ0v) is 20.3. The Kier molecular flexibility index (Phi) is 8.73. The van der Waals surface area contributed by atoms with Gasteiger partial charge in [0, 0.05) is 12.5 Å². The highest BCUT2D eigenvalue weighted by Gasteiger charge is 2.45. The molecule has 1 aromatic rings. The molecule has 0 fully saturated rings. The van der Waals surface area contributed by atoms with Gasteiger partial charge in [-0.05, 0) is 44.0 Å². The van der Waals surface area contributed by atoms with Gasteiger partial charge in [-0.15, -0.1) is 0 Å². The van der Waals surface area contributed by atoms with Gasteiger partial charge >= 0.3 is 5.97 Å². The first-order chi connectivity index (χ1) is 12.3. The Hall–Kier alpha value is -0.693. The Morgan fingerprint density at radius 3 is 2.22 bits per heavy atom. The second kappa shape index (κ2) is 9.68. The SMILES string of the molecule is CCOC(=O)[C@](C)(Br)[C@@H](O)[C@@H](CO[Si](C)(C)C(C)(C)C)Cc1ccccc1. The fourth-order valence-electron chi connectivity index (χ4n) is 2.55. The van der Waals surface area contributed by atoms with Crippen molar-refractivity contribution < 1.29 is 19.1 Å². The topological polar surface area (TPSA) is 55.8 Å². The van der Waals surface area contributed by atoms with Crippen LogP contribution >= 0.6 is 15.9 Å². The summed E-state index contributed by atoms with van der Waals surface area (Å²) in [5.74, 6) is -0.696. The van der Waals surface area contributed by atoms with E-state index in [-0.39, 0.29) is 17.6 Å². The number of carbonyl (C=O) groups excluding carboxylic acids is 1. The number of aliphatic hydroxyl groups excluding tert-OH is 1. The van der Waals surface area contributed by atoms with E-state index >= 15 is 0 Å². The first kappa shape index (κ1) is 24.3. The summed E-state index contributed by atoms with van der Waals surface area (Å²) in [5, 5.41) is 11.2. The molecule has 3 atom stereocenters. The number of halogens is 1. The third-order valence-electron chi connectivity index (χ3n) is 5.48. The molecule has 1 rings (SSSR count). The van der Waals surface area contributed by atoms with Gasteiger partial charge < -0.3 is 14.3 Å². The molecule has 4 nitrogen and oxygen atoms in total. The van der Waals surface area contributed by atoms with Gasteiger partial charge in [-0.2, -0.15) is 0 Å². The lowest BCUT2D eigenvalue weighted by molar-refractivity contribution is -0.149. The van der Waals surface area contributed by atoms with Crippen LogP contribution in [0, 0.1) is 5.92 Å². The lowest BCUT2D eigenvalue weighted by Gasteiger charge is -2.39. The first-order valence-electron chi connectivity index (χ1n) is 9.55. The molecule has 0 saturated carbocycles. The van der Waals surface area contributed by atoms with E-state index in [9.17, 15) is 9.90 Å². The summed E-state index contributed by atoms with van der Waals surface area (Å²) in [7, 11) is -1.97. The molecule has 0 radical (unpaired) electrons. The molecule has 154 valence electrons. The first-order valence-corrected chi connectivity index (χ1v) is 13.2. The Labute approximate surface area is 173 Å². The van der Waals surface area contributed by atoms with Crippen LogP contribution in [0.15, 0.2) is 30.3 Å². The van der Waals surface area contributed by atoms with E-state index in [2.05, 4.69) is 49.8 Å². The zero-order valence-electron chi connectivity index (χ0n) is 17.7. The van der Waals surface area contributed by atoms with Crippen LogP contribution in [0.1, 0.15) is 40.2 Å². The molecular weight excluding hydrogens is 424 g/mol. The van der Waals surface area contributed by atoms with Crippen LogP contribution in [0.4, 0.5) is 0 Å². The van der Waals surface area contributed by atoms with Crippen LogP contribution in [0.5, 0.6) is 0 Å². The minimum absolute atomic E-state index is 0.0775. The van der Waals surface area contributed by atoms with Crippen molar-refractivity contribution in [3.63, 3.8) is 0 Å². The van der Waals surface area contributed by atoms with E-state index in [0.29, 0.717) is 13.0 Å². The number of carbonyl (C=O) groups is 1. The molecule has 0 amide bonds. The van der Waals surface area contributed by atoms with Gasteiger partial charge in [0.05, 0.1) is 12.7 Å². The van der Waals surface area contributed by atoms with E-state index in [4.69, 9.17) is 9.16 Å². The van der Waals surface area contributed by atoms with Gasteiger partial charge in [0.25, 0.3) is 0 Å². The molecule has 0 aromatic heterocycles. The lowest BCUT2D eigenvalue weighted by Crippen LogP contribution is -2.50. The van der Waals surface area contributed by atoms with E-state index in [1.807, 2.05) is 30.3 Å². The highest BCUT2D eigenvalue weighted by Crippen LogP contribution is 2.38. The second-order valence-corrected chi connectivity index (χ2v) is 15.2. The summed E-state index contributed by atoms with van der Waals surface area (Å²) in [6.07, 6.45) is -0.321. The van der Waals surface area contributed by atoms with E-state index < -0.39 is 24.7 Å². The molecule has 1 N–H and O–H groups in total. The summed E-state index contributed by atoms with van der Waals surface area (Å²) in [6.45, 7) is 15.0. The predicted molar refractivity (Wildman–Crippen MR) is 117 cm³/mol. The van der Waals surface area contributed by atoms with Gasteiger partial charge in [0.2, 0.25) is 0 Å². The van der Waals surface area contributed by atoms with Crippen LogP contribution in [0.2, 0.25) is 18.1 Å². The average Bonchev–Trinajstić information content (AvgIpc) is 2.58. The molecule has 0 aliphatic heterocycles. The Morgan fingerprint density at radius 2 is 1.74 bits per heavy atom. The summed E-state index contributed by atoms with van der Waals surface area (Å²) < 4.78 is 10.4. The van der Waals surface area contributed by atoms with Crippen LogP contribution in [-0.2, 0) is 20.4 Å². The van der Waals surface area contributed by atoms with Crippen molar-refractivity contribution in [2.75, 3.05) is 13.2 Å². The van der Waals surface area contributed by atoms with Crippen LogP contribution in [-0.4, -0.2) is 43.0 Å². The molecule has 6 heteroatoms. The van der Waals surface area contributed by atoms with Crippen molar-refractivity contribution in [2.45, 2.75) is 69.6 Å². The standard InChI is InChI=1S/C21H35BrO4Si/c1-8-25-19(24)21(5,22)18(23)17(14-16-12-10-9-11-13-16)15-26-27(6,7)20(2,3)4/h9-13,17-18,23H,8,14-15H2,1-7H3/t17-,18+,21-/m1/s1. The second-order valence-electron chi connectivity index (χ2n) is 8.76. The smallest absolute Gasteiger partial charge is 0.325 e. The van der Waals surface area contributed by atoms with E-state index in [0.717, 1.165) is 5.56 Å². The molecule has 0 unspecified atom stereocenters. The number of hydrogen-bond donors (Lipinski definition) is 1. The van der Waals surface area contributed by atoms with Crippen molar-refractivity contribution in [1.82, 2.24) is 0 Å². The van der Waals surface area contributed by atoms with Gasteiger partial charge in [-0.1, -0.05) is 67.0 Å². The van der Waals surface area contributed by atoms with Gasteiger partial charge in [-0.3, -0.25) is 4.79 Å². The molecular formula is C21H35BrO4Si. The largest absolute Gasteiger partial charge is 0.465 e. The molecule has 0 spiro atoms. The average molecular weight is 459 g/mol. The molecule has 27 heavy (non-hydrogen) atoms. The van der Waals surface area contributed by atoms with Crippen LogP contribution in [0.3, 0.4) is 0 Å². The highest BCUT2D eigenvalue weighted by atomic mass is 79.9. The quantitative estimate of drug-likeness (QED) is 0.323. The number of hydrogen-bond acceptors (Lipinski definition) is 4. The van der Waals surface area contributed by atoms with Gasteiger partial charge in [0.1, 0.15) is 4.32 Å². The minimum Gasteiger partial charge on any atom is -0.465 e. The summed E-state index contributed by atoms with van der Waals surface area (Å²) in [6, 6.07) is 9.98. The number of alkyl halides is 1. The number of esters is 1. The van der Waals surface area contributed by atoms with Gasteiger partial charge in [0.15, 0.2) is 8.32 Å². The molecule has 0 saturated heterocycles. The van der Waals surface area contributed by atoms with E-state index in [1.165, 1.54) is 0 Å². The molecule has 1 aromatic carbocycles. The van der Waals surface area contributed by atoms with E-state index in [1.54, 1.807) is 13.8 Å². The fraction of sp³-hybridized carbons (Fsp3) is 0.667. The maximum atomic E-state index is 12.4. The van der Waals surface area contributed by atoms with Crippen molar-refractivity contribution in [1.29, 1.82) is 0 Å². The maximum Gasteiger partial charge on any atom is 0.325 e.